The lowest BCUT2D eigenvalue weighted by Gasteiger charge is -2.31. The third kappa shape index (κ3) is 4.28. The summed E-state index contributed by atoms with van der Waals surface area (Å²) in [6.45, 7) is 5.87. The molecule has 1 aliphatic heterocycles. The fraction of sp³-hybridized carbons (Fsp3) is 0.500. The summed E-state index contributed by atoms with van der Waals surface area (Å²) in [5.41, 5.74) is 2.31. The summed E-state index contributed by atoms with van der Waals surface area (Å²) in [6, 6.07) is 7.80. The van der Waals surface area contributed by atoms with E-state index in [9.17, 15) is 13.2 Å². The average molecular weight is 406 g/mol. The van der Waals surface area contributed by atoms with Crippen LogP contribution < -0.4 is 5.32 Å². The van der Waals surface area contributed by atoms with Gasteiger partial charge in [0.1, 0.15) is 10.6 Å². The molecule has 1 saturated heterocycles. The van der Waals surface area contributed by atoms with Crippen LogP contribution in [0.5, 0.6) is 0 Å². The van der Waals surface area contributed by atoms with Gasteiger partial charge in [0.25, 0.3) is 0 Å². The van der Waals surface area contributed by atoms with Crippen LogP contribution in [0.2, 0.25) is 0 Å². The Hall–Kier alpha value is -2.19. The lowest BCUT2D eigenvalue weighted by molar-refractivity contribution is -0.120. The number of carbonyl (C=O) groups is 1. The maximum Gasteiger partial charge on any atom is 0.248 e. The molecular formula is C20H27N3O4S. The van der Waals surface area contributed by atoms with Gasteiger partial charge in [0.2, 0.25) is 15.9 Å². The van der Waals surface area contributed by atoms with Crippen molar-refractivity contribution in [2.45, 2.75) is 51.3 Å². The number of hydrogen-bond donors (Lipinski definition) is 1. The molecule has 1 fully saturated rings. The number of rotatable bonds is 6. The van der Waals surface area contributed by atoms with E-state index < -0.39 is 10.0 Å². The number of anilines is 1. The van der Waals surface area contributed by atoms with Crippen LogP contribution in [-0.2, 0) is 21.2 Å². The number of benzene rings is 1. The lowest BCUT2D eigenvalue weighted by Crippen LogP contribution is -2.43. The topological polar surface area (TPSA) is 92.5 Å². The smallest absolute Gasteiger partial charge is 0.248 e. The number of amides is 1. The fourth-order valence-electron chi connectivity index (χ4n) is 3.63. The van der Waals surface area contributed by atoms with Crippen LogP contribution in [0.4, 0.5) is 5.69 Å². The van der Waals surface area contributed by atoms with Crippen LogP contribution in [0.3, 0.4) is 0 Å². The minimum Gasteiger partial charge on any atom is -0.360 e. The normalized spacial score (nSPS) is 18.2. The second kappa shape index (κ2) is 8.45. The van der Waals surface area contributed by atoms with Gasteiger partial charge in [-0.1, -0.05) is 30.6 Å². The van der Waals surface area contributed by atoms with Gasteiger partial charge in [0.05, 0.1) is 5.92 Å². The molecule has 2 heterocycles. The summed E-state index contributed by atoms with van der Waals surface area (Å²) < 4.78 is 32.4. The fourth-order valence-corrected chi connectivity index (χ4v) is 5.45. The number of aromatic nitrogens is 1. The highest BCUT2D eigenvalue weighted by Crippen LogP contribution is 2.28. The van der Waals surface area contributed by atoms with E-state index in [0.717, 1.165) is 18.5 Å². The Kier molecular flexibility index (Phi) is 6.20. The second-order valence-electron chi connectivity index (χ2n) is 7.29. The van der Waals surface area contributed by atoms with Gasteiger partial charge in [-0.2, -0.15) is 4.31 Å². The molecule has 152 valence electrons. The Bertz CT molecular complexity index is 915. The Balaban J connectivity index is 1.69. The maximum atomic E-state index is 13.0. The third-order valence-electron chi connectivity index (χ3n) is 5.08. The van der Waals surface area contributed by atoms with Gasteiger partial charge in [0.15, 0.2) is 5.76 Å². The van der Waals surface area contributed by atoms with Crippen LogP contribution in [0.1, 0.15) is 43.2 Å². The predicted octanol–water partition coefficient (Wildman–Crippen LogP) is 3.28. The largest absolute Gasteiger partial charge is 0.360 e. The SMILES string of the molecule is CCCc1ccc(NC(=O)[C@H]2CCCN(S(=O)(=O)c3c(C)noc3C)C2)cc1. The molecule has 0 bridgehead atoms. The van der Waals surface area contributed by atoms with Crippen LogP contribution in [0, 0.1) is 19.8 Å². The molecule has 2 aromatic rings. The summed E-state index contributed by atoms with van der Waals surface area (Å²) >= 11 is 0. The highest BCUT2D eigenvalue weighted by Gasteiger charge is 2.36. The van der Waals surface area contributed by atoms with Crippen molar-refractivity contribution in [3.8, 4) is 0 Å². The van der Waals surface area contributed by atoms with Gasteiger partial charge in [-0.15, -0.1) is 0 Å². The Morgan fingerprint density at radius 3 is 2.61 bits per heavy atom. The summed E-state index contributed by atoms with van der Waals surface area (Å²) in [5.74, 6) is -0.266. The third-order valence-corrected chi connectivity index (χ3v) is 7.19. The molecule has 1 aromatic heterocycles. The molecule has 0 spiro atoms. The van der Waals surface area contributed by atoms with Crippen molar-refractivity contribution in [3.63, 3.8) is 0 Å². The van der Waals surface area contributed by atoms with E-state index in [-0.39, 0.29) is 29.0 Å². The molecule has 7 nitrogen and oxygen atoms in total. The first-order valence-electron chi connectivity index (χ1n) is 9.65. The standard InChI is InChI=1S/C20H27N3O4S/c1-4-6-16-8-10-18(11-9-16)21-20(24)17-7-5-12-23(13-17)28(25,26)19-14(2)22-27-15(19)3/h8-11,17H,4-7,12-13H2,1-3H3,(H,21,24)/t17-/m0/s1. The molecule has 28 heavy (non-hydrogen) atoms. The van der Waals surface area contributed by atoms with Crippen molar-refractivity contribution >= 4 is 21.6 Å². The van der Waals surface area contributed by atoms with Gasteiger partial charge >= 0.3 is 0 Å². The molecule has 0 aliphatic carbocycles. The van der Waals surface area contributed by atoms with E-state index in [4.69, 9.17) is 4.52 Å². The molecule has 1 N–H and O–H groups in total. The van der Waals surface area contributed by atoms with Crippen molar-refractivity contribution in [2.24, 2.45) is 5.92 Å². The molecule has 0 radical (unpaired) electrons. The first kappa shape index (κ1) is 20.5. The van der Waals surface area contributed by atoms with Crippen molar-refractivity contribution < 1.29 is 17.7 Å². The van der Waals surface area contributed by atoms with E-state index in [1.807, 2.05) is 24.3 Å². The minimum absolute atomic E-state index is 0.111. The number of sulfonamides is 1. The van der Waals surface area contributed by atoms with Gasteiger partial charge in [-0.3, -0.25) is 4.79 Å². The molecule has 0 saturated carbocycles. The number of nitrogens with zero attached hydrogens (tertiary/aromatic N) is 2. The highest BCUT2D eigenvalue weighted by molar-refractivity contribution is 7.89. The van der Waals surface area contributed by atoms with Gasteiger partial charge in [0, 0.05) is 18.8 Å². The number of carbonyl (C=O) groups excluding carboxylic acids is 1. The van der Waals surface area contributed by atoms with Gasteiger partial charge in [-0.05, 0) is 50.8 Å². The minimum atomic E-state index is -3.73. The molecule has 1 amide bonds. The first-order valence-corrected chi connectivity index (χ1v) is 11.1. The van der Waals surface area contributed by atoms with E-state index in [1.54, 1.807) is 13.8 Å². The average Bonchev–Trinajstić information content (AvgIpc) is 3.02. The first-order chi connectivity index (χ1) is 13.3. The van der Waals surface area contributed by atoms with Crippen molar-refractivity contribution in [1.82, 2.24) is 9.46 Å². The number of hydrogen-bond acceptors (Lipinski definition) is 5. The Morgan fingerprint density at radius 1 is 1.29 bits per heavy atom. The summed E-state index contributed by atoms with van der Waals surface area (Å²) in [4.78, 5) is 12.8. The molecule has 1 atom stereocenters. The maximum absolute atomic E-state index is 13.0. The van der Waals surface area contributed by atoms with Gasteiger partial charge in [-0.25, -0.2) is 8.42 Å². The Morgan fingerprint density at radius 2 is 2.00 bits per heavy atom. The molecule has 8 heteroatoms. The van der Waals surface area contributed by atoms with Crippen LogP contribution in [-0.4, -0.2) is 36.9 Å². The van der Waals surface area contributed by atoms with Crippen molar-refractivity contribution in [2.75, 3.05) is 18.4 Å². The summed E-state index contributed by atoms with van der Waals surface area (Å²) in [5, 5.41) is 6.67. The summed E-state index contributed by atoms with van der Waals surface area (Å²) in [7, 11) is -3.73. The zero-order valence-electron chi connectivity index (χ0n) is 16.6. The molecule has 3 rings (SSSR count). The molecule has 1 aromatic carbocycles. The zero-order chi connectivity index (χ0) is 20.3. The highest BCUT2D eigenvalue weighted by atomic mass is 32.2. The van der Waals surface area contributed by atoms with Crippen LogP contribution >= 0.6 is 0 Å². The monoisotopic (exact) mass is 405 g/mol. The predicted molar refractivity (Wildman–Crippen MR) is 107 cm³/mol. The van der Waals surface area contributed by atoms with E-state index >= 15 is 0 Å². The van der Waals surface area contributed by atoms with E-state index in [0.29, 0.717) is 25.1 Å². The summed E-state index contributed by atoms with van der Waals surface area (Å²) in [6.07, 6.45) is 3.37. The van der Waals surface area contributed by atoms with Crippen molar-refractivity contribution in [1.29, 1.82) is 0 Å². The van der Waals surface area contributed by atoms with Crippen molar-refractivity contribution in [3.05, 3.63) is 41.3 Å². The lowest BCUT2D eigenvalue weighted by atomic mass is 9.98. The molecule has 0 unspecified atom stereocenters. The Labute approximate surface area is 166 Å². The quantitative estimate of drug-likeness (QED) is 0.796. The van der Waals surface area contributed by atoms with E-state index in [1.165, 1.54) is 9.87 Å². The van der Waals surface area contributed by atoms with Crippen LogP contribution in [0.25, 0.3) is 0 Å². The zero-order valence-corrected chi connectivity index (χ0v) is 17.4. The molecular weight excluding hydrogens is 378 g/mol. The number of nitrogens with one attached hydrogen (secondary N) is 1. The van der Waals surface area contributed by atoms with Crippen LogP contribution in [0.15, 0.2) is 33.7 Å². The van der Waals surface area contributed by atoms with Gasteiger partial charge < -0.3 is 9.84 Å². The molecule has 1 aliphatic rings. The second-order valence-corrected chi connectivity index (χ2v) is 9.17. The van der Waals surface area contributed by atoms with E-state index in [2.05, 4.69) is 17.4 Å². The number of piperidine rings is 1. The number of aryl methyl sites for hydroxylation is 3.